The lowest BCUT2D eigenvalue weighted by atomic mass is 10.0. The molecule has 0 aromatic rings. The molecule has 0 spiro atoms. The van der Waals surface area contributed by atoms with Gasteiger partial charge in [-0.05, 0) is 48.9 Å². The van der Waals surface area contributed by atoms with Crippen LogP contribution in [0.5, 0.6) is 0 Å². The highest BCUT2D eigenvalue weighted by atomic mass is 15.1. The first-order valence-corrected chi connectivity index (χ1v) is 6.51. The Hall–Kier alpha value is -2.22. The van der Waals surface area contributed by atoms with Crippen LogP contribution in [-0.2, 0) is 0 Å². The van der Waals surface area contributed by atoms with Crippen molar-refractivity contribution in [3.63, 3.8) is 0 Å². The first-order valence-electron chi connectivity index (χ1n) is 6.51. The number of nitrogens with zero attached hydrogens (tertiary/aromatic N) is 1. The highest BCUT2D eigenvalue weighted by Crippen LogP contribution is 2.20. The lowest BCUT2D eigenvalue weighted by molar-refractivity contribution is 0.587. The van der Waals surface area contributed by atoms with Crippen molar-refractivity contribution in [3.8, 4) is 0 Å². The van der Waals surface area contributed by atoms with Crippen LogP contribution < -0.4 is 5.32 Å². The van der Waals surface area contributed by atoms with Gasteiger partial charge in [-0.15, -0.1) is 0 Å². The van der Waals surface area contributed by atoms with Crippen molar-refractivity contribution in [3.05, 3.63) is 84.9 Å². The first-order chi connectivity index (χ1) is 9.40. The van der Waals surface area contributed by atoms with Crippen molar-refractivity contribution < 1.29 is 0 Å². The molecule has 0 aromatic carbocycles. The van der Waals surface area contributed by atoms with E-state index in [9.17, 15) is 0 Å². The van der Waals surface area contributed by atoms with Crippen LogP contribution >= 0.6 is 0 Å². The van der Waals surface area contributed by atoms with Crippen molar-refractivity contribution in [2.24, 2.45) is 0 Å². The Morgan fingerprint density at radius 2 is 1.70 bits per heavy atom. The van der Waals surface area contributed by atoms with E-state index < -0.39 is 0 Å². The molecular weight excluding hydrogens is 244 g/mol. The number of allylic oxidation sites excluding steroid dienone is 7. The minimum Gasteiger partial charge on any atom is -0.392 e. The Morgan fingerprint density at radius 3 is 2.10 bits per heavy atom. The molecule has 0 aliphatic carbocycles. The van der Waals surface area contributed by atoms with Crippen molar-refractivity contribution in [2.75, 3.05) is 14.1 Å². The molecule has 0 aliphatic rings. The van der Waals surface area contributed by atoms with Crippen LogP contribution in [0.15, 0.2) is 84.9 Å². The highest BCUT2D eigenvalue weighted by molar-refractivity contribution is 5.52. The summed E-state index contributed by atoms with van der Waals surface area (Å²) in [7, 11) is 3.81. The summed E-state index contributed by atoms with van der Waals surface area (Å²) in [5, 5.41) is 3.11. The van der Waals surface area contributed by atoms with Crippen molar-refractivity contribution >= 4 is 0 Å². The van der Waals surface area contributed by atoms with E-state index >= 15 is 0 Å². The third-order valence-corrected chi connectivity index (χ3v) is 3.04. The SMILES string of the molecule is C=CC(=C)C(=C\C(=C/C)C(=C)N(C)C=C)/C=C(\C)NC. The molecule has 0 heterocycles. The van der Waals surface area contributed by atoms with E-state index in [0.29, 0.717) is 0 Å². The molecular formula is C18H26N2. The van der Waals surface area contributed by atoms with Gasteiger partial charge in [-0.3, -0.25) is 0 Å². The van der Waals surface area contributed by atoms with Gasteiger partial charge in [0.25, 0.3) is 0 Å². The quantitative estimate of drug-likeness (QED) is 0.661. The zero-order valence-electron chi connectivity index (χ0n) is 13.2. The van der Waals surface area contributed by atoms with Crippen LogP contribution in [0, 0.1) is 0 Å². The molecule has 0 fully saturated rings. The zero-order chi connectivity index (χ0) is 15.7. The minimum absolute atomic E-state index is 0.869. The van der Waals surface area contributed by atoms with E-state index in [1.165, 1.54) is 0 Å². The Bertz CT molecular complexity index is 488. The average molecular weight is 270 g/mol. The molecule has 0 radical (unpaired) electrons. The lowest BCUT2D eigenvalue weighted by Crippen LogP contribution is -2.10. The van der Waals surface area contributed by atoms with Gasteiger partial charge in [-0.2, -0.15) is 0 Å². The minimum atomic E-state index is 0.869. The molecule has 0 saturated heterocycles. The summed E-state index contributed by atoms with van der Waals surface area (Å²) in [6.45, 7) is 19.6. The number of likely N-dealkylation sites (N-methyl/N-ethyl adjacent to an activating group) is 1. The molecule has 2 heteroatoms. The van der Waals surface area contributed by atoms with Gasteiger partial charge in [0.2, 0.25) is 0 Å². The molecule has 0 rings (SSSR count). The zero-order valence-corrected chi connectivity index (χ0v) is 13.2. The molecule has 108 valence electrons. The normalized spacial score (nSPS) is 12.7. The van der Waals surface area contributed by atoms with E-state index in [2.05, 4.69) is 31.6 Å². The second kappa shape index (κ2) is 8.81. The standard InChI is InChI=1S/C18H26N2/c1-9-14(4)18(12-15(5)19-7)13-17(10-2)16(6)20(8)11-3/h9-13,19H,1,3-4,6H2,2,5,7-8H3/b15-12+,17-10+,18-13-. The summed E-state index contributed by atoms with van der Waals surface area (Å²) in [5.74, 6) is 0. The molecule has 0 bridgehead atoms. The van der Waals surface area contributed by atoms with Crippen LogP contribution in [0.1, 0.15) is 13.8 Å². The summed E-state index contributed by atoms with van der Waals surface area (Å²) in [6.07, 6.45) is 9.58. The number of hydrogen-bond acceptors (Lipinski definition) is 2. The van der Waals surface area contributed by atoms with Gasteiger partial charge in [0.15, 0.2) is 0 Å². The lowest BCUT2D eigenvalue weighted by Gasteiger charge is -2.18. The third kappa shape index (κ3) is 5.19. The van der Waals surface area contributed by atoms with E-state index in [0.717, 1.165) is 28.1 Å². The molecule has 1 N–H and O–H groups in total. The molecule has 0 aromatic heterocycles. The van der Waals surface area contributed by atoms with Gasteiger partial charge < -0.3 is 10.2 Å². The predicted octanol–water partition coefficient (Wildman–Crippen LogP) is 4.31. The van der Waals surface area contributed by atoms with Gasteiger partial charge in [0.1, 0.15) is 0 Å². The maximum Gasteiger partial charge on any atom is 0.0400 e. The van der Waals surface area contributed by atoms with Gasteiger partial charge in [0, 0.05) is 25.5 Å². The van der Waals surface area contributed by atoms with Crippen LogP contribution in [-0.4, -0.2) is 19.0 Å². The number of hydrogen-bond donors (Lipinski definition) is 1. The molecule has 2 nitrogen and oxygen atoms in total. The van der Waals surface area contributed by atoms with E-state index in [1.54, 1.807) is 12.3 Å². The molecule has 0 atom stereocenters. The number of rotatable bonds is 8. The summed E-state index contributed by atoms with van der Waals surface area (Å²) in [4.78, 5) is 1.88. The van der Waals surface area contributed by atoms with E-state index in [-0.39, 0.29) is 0 Å². The summed E-state index contributed by atoms with van der Waals surface area (Å²) in [5.41, 5.74) is 4.82. The summed E-state index contributed by atoms with van der Waals surface area (Å²) >= 11 is 0. The van der Waals surface area contributed by atoms with E-state index in [1.807, 2.05) is 51.1 Å². The Labute approximate surface area is 123 Å². The van der Waals surface area contributed by atoms with Gasteiger partial charge in [-0.25, -0.2) is 0 Å². The van der Waals surface area contributed by atoms with Crippen molar-refractivity contribution in [1.29, 1.82) is 0 Å². The Balaban J connectivity index is 5.66. The topological polar surface area (TPSA) is 15.3 Å². The molecule has 0 saturated carbocycles. The maximum absolute atomic E-state index is 4.08. The van der Waals surface area contributed by atoms with Crippen LogP contribution in [0.3, 0.4) is 0 Å². The second-order valence-electron chi connectivity index (χ2n) is 4.39. The summed E-state index contributed by atoms with van der Waals surface area (Å²) in [6, 6.07) is 0. The predicted molar refractivity (Wildman–Crippen MR) is 91.1 cm³/mol. The Kier molecular flexibility index (Phi) is 7.83. The molecule has 0 aliphatic heterocycles. The summed E-state index contributed by atoms with van der Waals surface area (Å²) < 4.78 is 0. The van der Waals surface area contributed by atoms with Crippen molar-refractivity contribution in [1.82, 2.24) is 10.2 Å². The largest absolute Gasteiger partial charge is 0.392 e. The van der Waals surface area contributed by atoms with Crippen molar-refractivity contribution in [2.45, 2.75) is 13.8 Å². The smallest absolute Gasteiger partial charge is 0.0400 e. The number of nitrogens with one attached hydrogen (secondary N) is 1. The van der Waals surface area contributed by atoms with Gasteiger partial charge >= 0.3 is 0 Å². The van der Waals surface area contributed by atoms with Crippen LogP contribution in [0.2, 0.25) is 0 Å². The monoisotopic (exact) mass is 270 g/mol. The second-order valence-corrected chi connectivity index (χ2v) is 4.39. The first kappa shape index (κ1) is 17.8. The van der Waals surface area contributed by atoms with Gasteiger partial charge in [-0.1, -0.05) is 38.5 Å². The molecule has 20 heavy (non-hydrogen) atoms. The molecule has 0 unspecified atom stereocenters. The fourth-order valence-corrected chi connectivity index (χ4v) is 1.46. The Morgan fingerprint density at radius 1 is 1.10 bits per heavy atom. The van der Waals surface area contributed by atoms with E-state index in [4.69, 9.17) is 0 Å². The fourth-order valence-electron chi connectivity index (χ4n) is 1.46. The maximum atomic E-state index is 4.08. The highest BCUT2D eigenvalue weighted by Gasteiger charge is 2.05. The molecule has 0 amide bonds. The van der Waals surface area contributed by atoms with Crippen LogP contribution in [0.25, 0.3) is 0 Å². The third-order valence-electron chi connectivity index (χ3n) is 3.04. The average Bonchev–Trinajstić information content (AvgIpc) is 2.48. The fraction of sp³-hybridized carbons (Fsp3) is 0.222. The van der Waals surface area contributed by atoms with Gasteiger partial charge in [0.05, 0.1) is 0 Å². The van der Waals surface area contributed by atoms with Crippen LogP contribution in [0.4, 0.5) is 0 Å².